The maximum atomic E-state index is 14.2. The zero-order valence-corrected chi connectivity index (χ0v) is 31.8. The molecule has 2 heterocycles. The monoisotopic (exact) mass is 716 g/mol. The molecule has 12 nitrogen and oxygen atoms in total. The van der Waals surface area contributed by atoms with Crippen molar-refractivity contribution >= 4 is 28.9 Å². The van der Waals surface area contributed by atoms with Gasteiger partial charge >= 0.3 is 0 Å². The number of aliphatic hydroxyl groups excluding tert-OH is 2. The second kappa shape index (κ2) is 15.3. The Hall–Kier alpha value is -3.84. The Labute approximate surface area is 307 Å². The third-order valence-electron chi connectivity index (χ3n) is 12.2. The summed E-state index contributed by atoms with van der Waals surface area (Å²) in [6.45, 7) is 11.7. The molecule has 2 bridgehead atoms. The van der Waals surface area contributed by atoms with Crippen LogP contribution in [0.1, 0.15) is 63.4 Å². The number of hydrogen-bond donors (Lipinski definition) is 4. The first kappa shape index (κ1) is 37.9. The third-order valence-corrected chi connectivity index (χ3v) is 12.2. The van der Waals surface area contributed by atoms with Crippen LogP contribution in [0.25, 0.3) is 11.1 Å². The Kier molecular flexibility index (Phi) is 11.1. The summed E-state index contributed by atoms with van der Waals surface area (Å²) in [7, 11) is 5.45. The van der Waals surface area contributed by atoms with Crippen molar-refractivity contribution in [1.29, 1.82) is 0 Å². The van der Waals surface area contributed by atoms with E-state index < -0.39 is 24.2 Å². The van der Waals surface area contributed by atoms with E-state index in [9.17, 15) is 19.8 Å². The molecular weight excluding hydrogens is 660 g/mol. The summed E-state index contributed by atoms with van der Waals surface area (Å²) in [6.07, 6.45) is 0.474. The molecule has 0 radical (unpaired) electrons. The highest BCUT2D eigenvalue weighted by Gasteiger charge is 2.57. The molecule has 7 rings (SSSR count). The molecule has 1 saturated heterocycles. The van der Waals surface area contributed by atoms with Crippen molar-refractivity contribution in [2.45, 2.75) is 78.3 Å². The molecule has 0 aromatic heterocycles. The number of ether oxygens (including phenoxy) is 1. The van der Waals surface area contributed by atoms with E-state index in [0.717, 1.165) is 40.2 Å². The van der Waals surface area contributed by atoms with Crippen LogP contribution in [-0.4, -0.2) is 110 Å². The summed E-state index contributed by atoms with van der Waals surface area (Å²) in [6, 6.07) is 10.7. The lowest BCUT2D eigenvalue weighted by molar-refractivity contribution is -0.183. The summed E-state index contributed by atoms with van der Waals surface area (Å²) >= 11 is 0. The molecule has 4 N–H and O–H groups in total. The van der Waals surface area contributed by atoms with Gasteiger partial charge in [0.1, 0.15) is 17.9 Å². The predicted octanol–water partition coefficient (Wildman–Crippen LogP) is 3.73. The highest BCUT2D eigenvalue weighted by molar-refractivity contribution is 6.02. The molecule has 0 spiro atoms. The maximum Gasteiger partial charge on any atom is 0.251 e. The molecule has 5 aliphatic rings. The van der Waals surface area contributed by atoms with Crippen LogP contribution in [0.15, 0.2) is 46.4 Å². The number of aliphatic imine (C=N–C) groups is 2. The van der Waals surface area contributed by atoms with Gasteiger partial charge in [-0.05, 0) is 73.6 Å². The number of carbonyl (C=O) groups excluding carboxylic acids is 2. The minimum atomic E-state index is -0.900. The van der Waals surface area contributed by atoms with Crippen LogP contribution in [0.3, 0.4) is 0 Å². The first-order valence-corrected chi connectivity index (χ1v) is 18.5. The lowest BCUT2D eigenvalue weighted by atomic mass is 9.45. The lowest BCUT2D eigenvalue weighted by Crippen LogP contribution is -2.62. The number of hydrogen-bond acceptors (Lipinski definition) is 10. The van der Waals surface area contributed by atoms with Crippen LogP contribution < -0.4 is 20.3 Å². The number of nitrogens with zero attached hydrogens (tertiary/aromatic N) is 4. The van der Waals surface area contributed by atoms with Crippen LogP contribution in [0.2, 0.25) is 0 Å². The van der Waals surface area contributed by atoms with Crippen LogP contribution in [0, 0.1) is 29.1 Å². The Bertz CT molecular complexity index is 1720. The topological polar surface area (TPSA) is 148 Å². The van der Waals surface area contributed by atoms with E-state index in [1.165, 1.54) is 6.42 Å². The van der Waals surface area contributed by atoms with Gasteiger partial charge in [0, 0.05) is 54.1 Å². The largest absolute Gasteiger partial charge is 0.496 e. The van der Waals surface area contributed by atoms with E-state index in [1.807, 2.05) is 62.3 Å². The SMILES string of the molecule is COc1c(CN2O[C@@H](CO)[C@H]([C@H](C)O)[C@H]2C(=O)N[C@H]2C[C@H]3C[C@@H]([C@@H]2C)C3(C)C)cccc1-c1cc(C(=O)NCC2=NCC(C)=NC2)cc(N(C)C)c1. The number of carbonyl (C=O) groups is 2. The number of aliphatic hydroxyl groups is 2. The minimum Gasteiger partial charge on any atom is -0.496 e. The zero-order valence-electron chi connectivity index (χ0n) is 31.8. The number of amides is 2. The highest BCUT2D eigenvalue weighted by atomic mass is 16.7. The first-order chi connectivity index (χ1) is 24.7. The van der Waals surface area contributed by atoms with Gasteiger partial charge in [-0.25, -0.2) is 0 Å². The molecule has 8 atom stereocenters. The number of nitrogens with one attached hydrogen (secondary N) is 2. The normalized spacial score (nSPS) is 28.6. The van der Waals surface area contributed by atoms with E-state index in [2.05, 4.69) is 41.4 Å². The number of methoxy groups -OCH3 is 1. The second-order valence-corrected chi connectivity index (χ2v) is 16.0. The quantitative estimate of drug-likeness (QED) is 0.260. The summed E-state index contributed by atoms with van der Waals surface area (Å²) in [5, 5.41) is 29.2. The first-order valence-electron chi connectivity index (χ1n) is 18.5. The number of para-hydroxylation sites is 1. The van der Waals surface area contributed by atoms with Gasteiger partial charge in [0.25, 0.3) is 5.91 Å². The fourth-order valence-corrected chi connectivity index (χ4v) is 8.93. The molecule has 2 aromatic rings. The molecular formula is C40H56N6O6. The van der Waals surface area contributed by atoms with Gasteiger partial charge in [-0.15, -0.1) is 0 Å². The highest BCUT2D eigenvalue weighted by Crippen LogP contribution is 2.61. The molecule has 0 unspecified atom stereocenters. The Balaban J connectivity index is 1.27. The van der Waals surface area contributed by atoms with Crippen LogP contribution >= 0.6 is 0 Å². The lowest BCUT2D eigenvalue weighted by Gasteiger charge is -2.62. The van der Waals surface area contributed by atoms with Crippen LogP contribution in [-0.2, 0) is 16.2 Å². The van der Waals surface area contributed by atoms with Crippen molar-refractivity contribution in [2.24, 2.45) is 39.1 Å². The van der Waals surface area contributed by atoms with Gasteiger partial charge < -0.3 is 30.5 Å². The molecule has 2 amide bonds. The summed E-state index contributed by atoms with van der Waals surface area (Å²) in [5.41, 5.74) is 5.74. The van der Waals surface area contributed by atoms with Crippen molar-refractivity contribution in [3.8, 4) is 16.9 Å². The van der Waals surface area contributed by atoms with E-state index in [-0.39, 0.29) is 36.4 Å². The van der Waals surface area contributed by atoms with Gasteiger partial charge in [-0.3, -0.25) is 24.4 Å². The molecule has 2 aliphatic heterocycles. The molecule has 2 aromatic carbocycles. The molecule has 3 saturated carbocycles. The van der Waals surface area contributed by atoms with Crippen molar-refractivity contribution in [3.63, 3.8) is 0 Å². The van der Waals surface area contributed by atoms with Gasteiger partial charge in [0.2, 0.25) is 5.91 Å². The summed E-state index contributed by atoms with van der Waals surface area (Å²) in [5.74, 6) is 0.963. The van der Waals surface area contributed by atoms with E-state index in [4.69, 9.17) is 9.57 Å². The number of anilines is 1. The van der Waals surface area contributed by atoms with Gasteiger partial charge in [0.15, 0.2) is 0 Å². The van der Waals surface area contributed by atoms with Crippen LogP contribution in [0.5, 0.6) is 5.75 Å². The summed E-state index contributed by atoms with van der Waals surface area (Å²) in [4.78, 5) is 44.9. The van der Waals surface area contributed by atoms with E-state index >= 15 is 0 Å². The predicted molar refractivity (Wildman–Crippen MR) is 203 cm³/mol. The van der Waals surface area contributed by atoms with Gasteiger partial charge in [-0.2, -0.15) is 5.06 Å². The average Bonchev–Trinajstić information content (AvgIpc) is 3.50. The third kappa shape index (κ3) is 7.35. The number of hydroxylamine groups is 2. The standard InChI is InChI=1S/C40H56N6O6/c1-22-17-42-29(18-41-22)19-43-38(49)27-12-26(13-30(14-27)45(6)7)31-11-9-10-25(37(31)51-8)20-46-36(35(24(3)48)34(21-47)52-46)39(50)44-33-16-28-15-32(23(33)2)40(28,4)5/h9-14,23-24,28,32-36,47-48H,15-21H2,1-8H3,(H,43,49)(H,44,50)/t23-,24-,28+,32-,33-,34-,35-,36-/m0/s1. The van der Waals surface area contributed by atoms with Crippen LogP contribution in [0.4, 0.5) is 5.69 Å². The Morgan fingerprint density at radius 1 is 1.15 bits per heavy atom. The molecule has 4 fully saturated rings. The van der Waals surface area contributed by atoms with Crippen molar-refractivity contribution in [2.75, 3.05) is 52.3 Å². The molecule has 12 heteroatoms. The smallest absolute Gasteiger partial charge is 0.251 e. The van der Waals surface area contributed by atoms with E-state index in [1.54, 1.807) is 19.1 Å². The fraction of sp³-hybridized carbons (Fsp3) is 0.600. The fourth-order valence-electron chi connectivity index (χ4n) is 8.93. The van der Waals surface area contributed by atoms with Gasteiger partial charge in [-0.1, -0.05) is 39.0 Å². The number of rotatable bonds is 12. The maximum absolute atomic E-state index is 14.2. The van der Waals surface area contributed by atoms with Crippen molar-refractivity contribution in [3.05, 3.63) is 47.5 Å². The second-order valence-electron chi connectivity index (χ2n) is 16.0. The van der Waals surface area contributed by atoms with Crippen molar-refractivity contribution < 1.29 is 29.4 Å². The zero-order chi connectivity index (χ0) is 37.5. The molecule has 52 heavy (non-hydrogen) atoms. The number of benzene rings is 2. The van der Waals surface area contributed by atoms with Gasteiger partial charge in [0.05, 0.1) is 51.7 Å². The molecule has 282 valence electrons. The summed E-state index contributed by atoms with van der Waals surface area (Å²) < 4.78 is 6.05. The van der Waals surface area contributed by atoms with E-state index in [0.29, 0.717) is 48.7 Å². The Morgan fingerprint density at radius 3 is 2.54 bits per heavy atom. The number of fused-ring (bicyclic) bond motifs is 2. The van der Waals surface area contributed by atoms with Crippen molar-refractivity contribution in [1.82, 2.24) is 15.7 Å². The minimum absolute atomic E-state index is 0.0375. The Morgan fingerprint density at radius 2 is 1.92 bits per heavy atom. The average molecular weight is 717 g/mol. The molecule has 3 aliphatic carbocycles.